The molecule has 1 fully saturated rings. The molecule has 2 aliphatic heterocycles. The number of fused-ring (bicyclic) bond motifs is 2. The van der Waals surface area contributed by atoms with Crippen LogP contribution in [0.3, 0.4) is 0 Å². The Hall–Kier alpha value is -1.36. The maximum Gasteiger partial charge on any atom is 0.260 e. The van der Waals surface area contributed by atoms with E-state index in [1.54, 1.807) is 7.05 Å². The van der Waals surface area contributed by atoms with E-state index in [-0.39, 0.29) is 12.5 Å². The molecule has 2 aliphatic rings. The van der Waals surface area contributed by atoms with Gasteiger partial charge in [0, 0.05) is 19.1 Å². The number of allylic oxidation sites excluding steroid dienone is 1. The summed E-state index contributed by atoms with van der Waals surface area (Å²) < 4.78 is 0. The van der Waals surface area contributed by atoms with Crippen LogP contribution in [-0.2, 0) is 9.63 Å². The van der Waals surface area contributed by atoms with E-state index in [1.165, 1.54) is 24.8 Å². The topological polar surface area (TPSA) is 62.7 Å². The summed E-state index contributed by atoms with van der Waals surface area (Å²) in [5.74, 6) is -0.166. The van der Waals surface area contributed by atoms with Crippen LogP contribution in [0, 0.1) is 0 Å². The van der Waals surface area contributed by atoms with Gasteiger partial charge in [0.15, 0.2) is 6.61 Å². The van der Waals surface area contributed by atoms with Crippen LogP contribution in [0.1, 0.15) is 32.6 Å². The summed E-state index contributed by atoms with van der Waals surface area (Å²) in [6.07, 6.45) is 6.95. The molecule has 2 N–H and O–H groups in total. The van der Waals surface area contributed by atoms with Gasteiger partial charge < -0.3 is 15.5 Å². The molecule has 2 rings (SSSR count). The minimum absolute atomic E-state index is 0.0260. The van der Waals surface area contributed by atoms with Crippen LogP contribution in [0.5, 0.6) is 0 Å². The summed E-state index contributed by atoms with van der Waals surface area (Å²) >= 11 is 0. The summed E-state index contributed by atoms with van der Waals surface area (Å²) in [5, 5.41) is 10.1. The lowest BCUT2D eigenvalue weighted by molar-refractivity contribution is -0.125. The third-order valence-electron chi connectivity index (χ3n) is 3.59. The molecular formula is C13H21N3O2. The Morgan fingerprint density at radius 3 is 3.17 bits per heavy atom. The lowest BCUT2D eigenvalue weighted by Crippen LogP contribution is -2.31. The van der Waals surface area contributed by atoms with Crippen molar-refractivity contribution in [3.05, 3.63) is 11.6 Å². The molecule has 0 radical (unpaired) electrons. The third kappa shape index (κ3) is 3.10. The van der Waals surface area contributed by atoms with E-state index in [0.29, 0.717) is 12.1 Å². The van der Waals surface area contributed by atoms with Gasteiger partial charge in [-0.25, -0.2) is 0 Å². The molecule has 1 saturated heterocycles. The number of hydrogen-bond donors (Lipinski definition) is 2. The minimum Gasteiger partial charge on any atom is -0.385 e. The number of rotatable bonds is 4. The molecule has 5 nitrogen and oxygen atoms in total. The van der Waals surface area contributed by atoms with Crippen molar-refractivity contribution in [2.24, 2.45) is 5.16 Å². The highest BCUT2D eigenvalue weighted by Gasteiger charge is 2.29. The Morgan fingerprint density at radius 1 is 1.56 bits per heavy atom. The van der Waals surface area contributed by atoms with Crippen LogP contribution < -0.4 is 10.6 Å². The van der Waals surface area contributed by atoms with Crippen LogP contribution in [0.2, 0.25) is 0 Å². The number of carbonyl (C=O) groups excluding carboxylic acids is 1. The zero-order valence-electron chi connectivity index (χ0n) is 11.0. The van der Waals surface area contributed by atoms with Gasteiger partial charge in [0.25, 0.3) is 5.91 Å². The molecule has 1 unspecified atom stereocenters. The quantitative estimate of drug-likeness (QED) is 0.578. The van der Waals surface area contributed by atoms with Gasteiger partial charge in [-0.2, -0.15) is 0 Å². The molecule has 0 aromatic rings. The molecule has 0 aromatic heterocycles. The summed E-state index contributed by atoms with van der Waals surface area (Å²) in [5.41, 5.74) is 2.10. The van der Waals surface area contributed by atoms with Crippen molar-refractivity contribution in [1.29, 1.82) is 0 Å². The van der Waals surface area contributed by atoms with E-state index in [1.807, 2.05) is 6.92 Å². The zero-order valence-corrected chi connectivity index (χ0v) is 11.0. The molecule has 2 bridgehead atoms. The fourth-order valence-corrected chi connectivity index (χ4v) is 2.59. The number of likely N-dealkylation sites (N-methyl/N-ethyl adjacent to an activating group) is 1. The van der Waals surface area contributed by atoms with Crippen molar-refractivity contribution < 1.29 is 9.63 Å². The van der Waals surface area contributed by atoms with Crippen LogP contribution in [-0.4, -0.2) is 37.4 Å². The molecule has 0 aliphatic carbocycles. The smallest absolute Gasteiger partial charge is 0.260 e. The molecule has 0 aromatic carbocycles. The lowest BCUT2D eigenvalue weighted by Gasteiger charge is -2.14. The first-order valence-corrected chi connectivity index (χ1v) is 6.54. The maximum absolute atomic E-state index is 11.0. The van der Waals surface area contributed by atoms with Crippen molar-refractivity contribution in [1.82, 2.24) is 10.6 Å². The third-order valence-corrected chi connectivity index (χ3v) is 3.59. The van der Waals surface area contributed by atoms with E-state index < -0.39 is 0 Å². The predicted molar refractivity (Wildman–Crippen MR) is 70.4 cm³/mol. The first kappa shape index (κ1) is 13.1. The number of hydrogen-bond acceptors (Lipinski definition) is 4. The predicted octanol–water partition coefficient (Wildman–Crippen LogP) is 0.966. The standard InChI is InChI=1S/C13H21N3O2/c1-9(16-18-8-13(17)14-2)11-5-3-4-10-6-7-12(11)15-10/h5,10,12,15H,3-4,6-8H2,1-2H3,(H,14,17)/b16-9+/t10-,12?/m0/s1. The minimum atomic E-state index is -0.166. The summed E-state index contributed by atoms with van der Waals surface area (Å²) in [6, 6.07) is 1.06. The zero-order chi connectivity index (χ0) is 13.0. The van der Waals surface area contributed by atoms with Crippen molar-refractivity contribution in [2.45, 2.75) is 44.7 Å². The number of carbonyl (C=O) groups is 1. The normalized spacial score (nSPS) is 27.4. The van der Waals surface area contributed by atoms with E-state index in [2.05, 4.69) is 21.9 Å². The fourth-order valence-electron chi connectivity index (χ4n) is 2.59. The molecule has 1 amide bonds. The van der Waals surface area contributed by atoms with Gasteiger partial charge >= 0.3 is 0 Å². The number of amides is 1. The Kier molecular flexibility index (Phi) is 4.36. The number of nitrogens with one attached hydrogen (secondary N) is 2. The Labute approximate surface area is 108 Å². The van der Waals surface area contributed by atoms with Gasteiger partial charge in [-0.15, -0.1) is 0 Å². The van der Waals surface area contributed by atoms with Crippen molar-refractivity contribution in [2.75, 3.05) is 13.7 Å². The molecule has 18 heavy (non-hydrogen) atoms. The Morgan fingerprint density at radius 2 is 2.39 bits per heavy atom. The van der Waals surface area contributed by atoms with E-state index >= 15 is 0 Å². The second-order valence-electron chi connectivity index (χ2n) is 4.85. The van der Waals surface area contributed by atoms with Crippen LogP contribution >= 0.6 is 0 Å². The molecule has 2 heterocycles. The van der Waals surface area contributed by atoms with Crippen molar-refractivity contribution >= 4 is 11.6 Å². The molecule has 5 heteroatoms. The second-order valence-corrected chi connectivity index (χ2v) is 4.85. The van der Waals surface area contributed by atoms with E-state index in [4.69, 9.17) is 4.84 Å². The van der Waals surface area contributed by atoms with Crippen LogP contribution in [0.15, 0.2) is 16.8 Å². The maximum atomic E-state index is 11.0. The highest BCUT2D eigenvalue weighted by atomic mass is 16.6. The highest BCUT2D eigenvalue weighted by Crippen LogP contribution is 2.26. The Balaban J connectivity index is 1.94. The highest BCUT2D eigenvalue weighted by molar-refractivity contribution is 5.99. The molecule has 0 saturated carbocycles. The molecular weight excluding hydrogens is 230 g/mol. The molecule has 0 spiro atoms. The van der Waals surface area contributed by atoms with Crippen LogP contribution in [0.25, 0.3) is 0 Å². The van der Waals surface area contributed by atoms with E-state index in [0.717, 1.165) is 12.1 Å². The Bertz CT molecular complexity index is 376. The van der Waals surface area contributed by atoms with Gasteiger partial charge in [0.05, 0.1) is 5.71 Å². The van der Waals surface area contributed by atoms with Crippen LogP contribution in [0.4, 0.5) is 0 Å². The number of oxime groups is 1. The lowest BCUT2D eigenvalue weighted by atomic mass is 9.97. The van der Waals surface area contributed by atoms with Gasteiger partial charge in [-0.3, -0.25) is 4.79 Å². The van der Waals surface area contributed by atoms with Crippen molar-refractivity contribution in [3.8, 4) is 0 Å². The summed E-state index contributed by atoms with van der Waals surface area (Å²) in [7, 11) is 1.58. The SMILES string of the molecule is CNC(=O)CO/N=C(\C)C1=CCC[C@H]2CCC1N2. The average molecular weight is 251 g/mol. The molecule has 2 atom stereocenters. The second kappa shape index (κ2) is 6.00. The van der Waals surface area contributed by atoms with Gasteiger partial charge in [-0.1, -0.05) is 11.2 Å². The van der Waals surface area contributed by atoms with Gasteiger partial charge in [-0.05, 0) is 38.2 Å². The summed E-state index contributed by atoms with van der Waals surface area (Å²) in [6.45, 7) is 1.91. The average Bonchev–Trinajstić information content (AvgIpc) is 2.70. The monoisotopic (exact) mass is 251 g/mol. The molecule has 100 valence electrons. The number of nitrogens with zero attached hydrogens (tertiary/aromatic N) is 1. The largest absolute Gasteiger partial charge is 0.385 e. The first-order valence-electron chi connectivity index (χ1n) is 6.54. The van der Waals surface area contributed by atoms with Crippen molar-refractivity contribution in [3.63, 3.8) is 0 Å². The van der Waals surface area contributed by atoms with Gasteiger partial charge in [0.2, 0.25) is 0 Å². The fraction of sp³-hybridized carbons (Fsp3) is 0.692. The summed E-state index contributed by atoms with van der Waals surface area (Å²) in [4.78, 5) is 16.1. The van der Waals surface area contributed by atoms with Gasteiger partial charge in [0.1, 0.15) is 0 Å². The van der Waals surface area contributed by atoms with E-state index in [9.17, 15) is 4.79 Å². The first-order chi connectivity index (χ1) is 8.70.